The Balaban J connectivity index is 2.33. The van der Waals surface area contributed by atoms with E-state index in [0.717, 1.165) is 27.8 Å². The molecule has 0 fully saturated rings. The van der Waals surface area contributed by atoms with Crippen molar-refractivity contribution in [1.29, 1.82) is 0 Å². The second-order valence-corrected chi connectivity index (χ2v) is 9.92. The lowest BCUT2D eigenvalue weighted by Crippen LogP contribution is -2.21. The highest BCUT2D eigenvalue weighted by molar-refractivity contribution is 6.16. The SMILES string of the molecule is CC(C)=CCc1c(C)c(CC=C(C)CO)c2c(c1O)C(=O)c1c(O)cc(O)c(CC=C(C)C)c1C2. The third-order valence-electron chi connectivity index (χ3n) is 6.74. The van der Waals surface area contributed by atoms with Gasteiger partial charge in [-0.05, 0) is 89.5 Å². The van der Waals surface area contributed by atoms with Gasteiger partial charge in [0.05, 0.1) is 17.7 Å². The van der Waals surface area contributed by atoms with Crippen LogP contribution in [0.4, 0.5) is 0 Å². The predicted molar refractivity (Wildman–Crippen MR) is 140 cm³/mol. The Bertz CT molecular complexity index is 1270. The van der Waals surface area contributed by atoms with Crippen molar-refractivity contribution < 1.29 is 25.2 Å². The lowest BCUT2D eigenvalue weighted by molar-refractivity contribution is 0.102. The van der Waals surface area contributed by atoms with Gasteiger partial charge in [-0.2, -0.15) is 0 Å². The molecule has 0 heterocycles. The minimum atomic E-state index is -0.433. The molecular weight excluding hydrogens is 440 g/mol. The first-order chi connectivity index (χ1) is 16.5. The number of aliphatic hydroxyl groups excluding tert-OH is 1. The number of aliphatic hydroxyl groups is 1. The van der Waals surface area contributed by atoms with Crippen LogP contribution in [-0.4, -0.2) is 32.8 Å². The number of carbonyl (C=O) groups is 1. The first-order valence-corrected chi connectivity index (χ1v) is 12.0. The van der Waals surface area contributed by atoms with Crippen molar-refractivity contribution in [3.8, 4) is 17.2 Å². The van der Waals surface area contributed by atoms with E-state index in [9.17, 15) is 25.2 Å². The number of phenols is 3. The van der Waals surface area contributed by atoms with Crippen LogP contribution in [0.15, 0.2) is 41.0 Å². The number of hydrogen-bond acceptors (Lipinski definition) is 5. The van der Waals surface area contributed by atoms with Crippen LogP contribution in [0.25, 0.3) is 0 Å². The molecule has 0 saturated heterocycles. The van der Waals surface area contributed by atoms with Crippen LogP contribution < -0.4 is 0 Å². The van der Waals surface area contributed by atoms with Crippen LogP contribution in [0.1, 0.15) is 83.9 Å². The minimum Gasteiger partial charge on any atom is -0.508 e. The van der Waals surface area contributed by atoms with E-state index in [0.29, 0.717) is 47.9 Å². The van der Waals surface area contributed by atoms with Gasteiger partial charge in [-0.25, -0.2) is 0 Å². The lowest BCUT2D eigenvalue weighted by atomic mass is 9.76. The summed E-state index contributed by atoms with van der Waals surface area (Å²) in [6.07, 6.45) is 7.66. The Labute approximate surface area is 207 Å². The molecular formula is C30H36O5. The molecule has 0 unspecified atom stereocenters. The molecule has 0 aromatic heterocycles. The predicted octanol–water partition coefficient (Wildman–Crippen LogP) is 5.75. The van der Waals surface area contributed by atoms with Gasteiger partial charge in [-0.1, -0.05) is 34.9 Å². The second-order valence-electron chi connectivity index (χ2n) is 9.92. The van der Waals surface area contributed by atoms with Gasteiger partial charge >= 0.3 is 0 Å². The van der Waals surface area contributed by atoms with E-state index < -0.39 is 5.78 Å². The molecule has 4 N–H and O–H groups in total. The Morgan fingerprint density at radius 3 is 1.91 bits per heavy atom. The topological polar surface area (TPSA) is 98.0 Å². The van der Waals surface area contributed by atoms with Crippen LogP contribution in [0.5, 0.6) is 17.2 Å². The van der Waals surface area contributed by atoms with Gasteiger partial charge in [0.1, 0.15) is 17.2 Å². The zero-order chi connectivity index (χ0) is 26.0. The van der Waals surface area contributed by atoms with Crippen molar-refractivity contribution >= 4 is 5.78 Å². The Kier molecular flexibility index (Phi) is 7.91. The monoisotopic (exact) mass is 476 g/mol. The molecule has 5 nitrogen and oxygen atoms in total. The van der Waals surface area contributed by atoms with Gasteiger partial charge in [0.2, 0.25) is 5.78 Å². The van der Waals surface area contributed by atoms with Crippen molar-refractivity contribution in [2.75, 3.05) is 6.61 Å². The van der Waals surface area contributed by atoms with E-state index in [1.165, 1.54) is 6.07 Å². The average molecular weight is 477 g/mol. The molecule has 0 bridgehead atoms. The summed E-state index contributed by atoms with van der Waals surface area (Å²) in [5.41, 5.74) is 7.81. The van der Waals surface area contributed by atoms with E-state index >= 15 is 0 Å². The normalized spacial score (nSPS) is 12.8. The number of phenolic OH excluding ortho intramolecular Hbond substituents is 3. The molecule has 2 aromatic rings. The van der Waals surface area contributed by atoms with E-state index in [2.05, 4.69) is 0 Å². The van der Waals surface area contributed by atoms with Gasteiger partial charge < -0.3 is 20.4 Å². The van der Waals surface area contributed by atoms with Gasteiger partial charge in [-0.3, -0.25) is 4.79 Å². The van der Waals surface area contributed by atoms with E-state index in [1.54, 1.807) is 0 Å². The number of hydrogen-bond donors (Lipinski definition) is 4. The summed E-state index contributed by atoms with van der Waals surface area (Å²) < 4.78 is 0. The number of allylic oxidation sites excluding steroid dienone is 5. The summed E-state index contributed by atoms with van der Waals surface area (Å²) in [6, 6.07) is 1.22. The molecule has 186 valence electrons. The molecule has 35 heavy (non-hydrogen) atoms. The maximum absolute atomic E-state index is 13.8. The molecule has 2 aromatic carbocycles. The molecule has 1 aliphatic carbocycles. The highest BCUT2D eigenvalue weighted by atomic mass is 16.3. The van der Waals surface area contributed by atoms with Crippen molar-refractivity contribution in [3.63, 3.8) is 0 Å². The van der Waals surface area contributed by atoms with Gasteiger partial charge in [0, 0.05) is 17.2 Å². The summed E-state index contributed by atoms with van der Waals surface area (Å²) >= 11 is 0. The zero-order valence-electron chi connectivity index (χ0n) is 21.5. The maximum atomic E-state index is 13.8. The fourth-order valence-electron chi connectivity index (χ4n) is 4.68. The molecule has 5 heteroatoms. The molecule has 0 atom stereocenters. The fraction of sp³-hybridized carbons (Fsp3) is 0.367. The Hall–Kier alpha value is -3.31. The minimum absolute atomic E-state index is 0.0458. The van der Waals surface area contributed by atoms with Gasteiger partial charge in [-0.15, -0.1) is 0 Å². The molecule has 0 amide bonds. The van der Waals surface area contributed by atoms with Crippen molar-refractivity contribution in [1.82, 2.24) is 0 Å². The van der Waals surface area contributed by atoms with Crippen LogP contribution >= 0.6 is 0 Å². The molecule has 0 aliphatic heterocycles. The molecule has 0 spiro atoms. The largest absolute Gasteiger partial charge is 0.508 e. The van der Waals surface area contributed by atoms with Crippen LogP contribution in [0, 0.1) is 6.92 Å². The number of benzene rings is 2. The molecule has 3 rings (SSSR count). The number of ketones is 1. The average Bonchev–Trinajstić information content (AvgIpc) is 2.77. The molecule has 0 saturated carbocycles. The summed E-state index contributed by atoms with van der Waals surface area (Å²) in [6.45, 7) is 11.6. The number of aromatic hydroxyl groups is 3. The second kappa shape index (κ2) is 10.5. The van der Waals surface area contributed by atoms with E-state index in [1.807, 2.05) is 59.8 Å². The summed E-state index contributed by atoms with van der Waals surface area (Å²) in [7, 11) is 0. The van der Waals surface area contributed by atoms with Crippen molar-refractivity contribution in [3.05, 3.63) is 85.5 Å². The van der Waals surface area contributed by atoms with Crippen molar-refractivity contribution in [2.45, 2.75) is 67.2 Å². The van der Waals surface area contributed by atoms with E-state index in [-0.39, 0.29) is 35.0 Å². The number of fused-ring (bicyclic) bond motifs is 2. The van der Waals surface area contributed by atoms with Crippen molar-refractivity contribution in [2.24, 2.45) is 0 Å². The van der Waals surface area contributed by atoms with Crippen LogP contribution in [-0.2, 0) is 25.7 Å². The Morgan fingerprint density at radius 2 is 1.34 bits per heavy atom. The lowest BCUT2D eigenvalue weighted by Gasteiger charge is -2.28. The maximum Gasteiger partial charge on any atom is 0.201 e. The van der Waals surface area contributed by atoms with Crippen LogP contribution in [0.2, 0.25) is 0 Å². The highest BCUT2D eigenvalue weighted by Crippen LogP contribution is 2.45. The van der Waals surface area contributed by atoms with Gasteiger partial charge in [0.25, 0.3) is 0 Å². The third kappa shape index (κ3) is 5.20. The van der Waals surface area contributed by atoms with Gasteiger partial charge in [0.15, 0.2) is 0 Å². The fourth-order valence-corrected chi connectivity index (χ4v) is 4.68. The summed E-state index contributed by atoms with van der Waals surface area (Å²) in [5.74, 6) is -0.806. The zero-order valence-corrected chi connectivity index (χ0v) is 21.5. The highest BCUT2D eigenvalue weighted by Gasteiger charge is 2.35. The Morgan fingerprint density at radius 1 is 0.800 bits per heavy atom. The summed E-state index contributed by atoms with van der Waals surface area (Å²) in [4.78, 5) is 13.8. The standard InChI is InChI=1S/C30H36O5/c1-16(2)7-10-21-19(6)20(12-9-18(5)15-31)23-13-24-22(11-8-17(3)4)25(32)14-26(33)27(24)30(35)28(23)29(21)34/h7-9,14,31-34H,10-13,15H2,1-6H3. The molecule has 1 aliphatic rings. The number of rotatable bonds is 7. The number of carbonyl (C=O) groups excluding carboxylic acids is 1. The van der Waals surface area contributed by atoms with E-state index in [4.69, 9.17) is 0 Å². The third-order valence-corrected chi connectivity index (χ3v) is 6.74. The summed E-state index contributed by atoms with van der Waals surface area (Å²) in [5, 5.41) is 42.2. The first kappa shape index (κ1) is 26.3. The first-order valence-electron chi connectivity index (χ1n) is 12.0. The quantitative estimate of drug-likeness (QED) is 0.326. The molecule has 0 radical (unpaired) electrons. The van der Waals surface area contributed by atoms with Crippen LogP contribution in [0.3, 0.4) is 0 Å². The smallest absolute Gasteiger partial charge is 0.201 e.